The van der Waals surface area contributed by atoms with E-state index in [2.05, 4.69) is 23.8 Å². The minimum absolute atomic E-state index is 0.415. The predicted octanol–water partition coefficient (Wildman–Crippen LogP) is 2.14. The zero-order chi connectivity index (χ0) is 10.7. The Bertz CT molecular complexity index is 354. The molecule has 0 fully saturated rings. The number of nitrogen functional groups attached to an aromatic ring is 1. The van der Waals surface area contributed by atoms with E-state index in [0.29, 0.717) is 5.92 Å². The number of pyridine rings is 1. The van der Waals surface area contributed by atoms with E-state index in [0.717, 1.165) is 22.6 Å². The SMILES string of the molecule is CN=Cc1cc(C(C)C)nc(C)c1N. The van der Waals surface area contributed by atoms with Crippen LogP contribution in [0.2, 0.25) is 0 Å². The summed E-state index contributed by atoms with van der Waals surface area (Å²) in [6.45, 7) is 6.16. The Morgan fingerprint density at radius 3 is 2.64 bits per heavy atom. The van der Waals surface area contributed by atoms with E-state index in [1.807, 2.05) is 13.0 Å². The van der Waals surface area contributed by atoms with Crippen molar-refractivity contribution in [2.45, 2.75) is 26.7 Å². The van der Waals surface area contributed by atoms with Gasteiger partial charge in [-0.1, -0.05) is 13.8 Å². The lowest BCUT2D eigenvalue weighted by atomic mass is 10.1. The third-order valence-corrected chi connectivity index (χ3v) is 2.16. The largest absolute Gasteiger partial charge is 0.397 e. The van der Waals surface area contributed by atoms with Gasteiger partial charge in [-0.05, 0) is 18.9 Å². The lowest BCUT2D eigenvalue weighted by Crippen LogP contribution is -2.03. The lowest BCUT2D eigenvalue weighted by Gasteiger charge is -2.10. The standard InChI is InChI=1S/C11H17N3/c1-7(2)10-5-9(6-13-4)11(12)8(3)14-10/h5-7H,12H2,1-4H3. The maximum Gasteiger partial charge on any atom is 0.0619 e. The monoisotopic (exact) mass is 191 g/mol. The van der Waals surface area contributed by atoms with Gasteiger partial charge in [-0.3, -0.25) is 9.98 Å². The summed E-state index contributed by atoms with van der Waals surface area (Å²) in [4.78, 5) is 8.40. The van der Waals surface area contributed by atoms with Gasteiger partial charge in [-0.2, -0.15) is 0 Å². The van der Waals surface area contributed by atoms with Gasteiger partial charge in [0.1, 0.15) is 0 Å². The molecule has 0 saturated heterocycles. The number of aryl methyl sites for hydroxylation is 1. The van der Waals surface area contributed by atoms with Gasteiger partial charge in [0.15, 0.2) is 0 Å². The number of hydrogen-bond acceptors (Lipinski definition) is 3. The zero-order valence-corrected chi connectivity index (χ0v) is 9.20. The van der Waals surface area contributed by atoms with Crippen molar-refractivity contribution in [3.05, 3.63) is 23.0 Å². The molecule has 0 radical (unpaired) electrons. The van der Waals surface area contributed by atoms with E-state index in [1.54, 1.807) is 13.3 Å². The molecule has 0 aliphatic heterocycles. The number of nitrogens with two attached hydrogens (primary N) is 1. The molecule has 76 valence electrons. The van der Waals surface area contributed by atoms with Crippen LogP contribution in [0.3, 0.4) is 0 Å². The number of aliphatic imine (C=N–C) groups is 1. The number of aromatic nitrogens is 1. The van der Waals surface area contributed by atoms with Gasteiger partial charge in [-0.15, -0.1) is 0 Å². The Hall–Kier alpha value is -1.38. The molecule has 0 aliphatic carbocycles. The average Bonchev–Trinajstić information content (AvgIpc) is 2.12. The fourth-order valence-corrected chi connectivity index (χ4v) is 1.27. The molecule has 1 aromatic rings. The van der Waals surface area contributed by atoms with Crippen molar-refractivity contribution in [2.24, 2.45) is 4.99 Å². The Labute approximate surface area is 85.1 Å². The molecule has 3 heteroatoms. The van der Waals surface area contributed by atoms with Crippen molar-refractivity contribution in [3.8, 4) is 0 Å². The fraction of sp³-hybridized carbons (Fsp3) is 0.455. The second kappa shape index (κ2) is 4.22. The van der Waals surface area contributed by atoms with Crippen molar-refractivity contribution >= 4 is 11.9 Å². The van der Waals surface area contributed by atoms with Gasteiger partial charge in [0, 0.05) is 24.5 Å². The van der Waals surface area contributed by atoms with Crippen LogP contribution in [0.4, 0.5) is 5.69 Å². The van der Waals surface area contributed by atoms with Gasteiger partial charge in [-0.25, -0.2) is 0 Å². The van der Waals surface area contributed by atoms with Crippen LogP contribution in [0.1, 0.15) is 36.7 Å². The van der Waals surface area contributed by atoms with Crippen LogP contribution < -0.4 is 5.73 Å². The van der Waals surface area contributed by atoms with Crippen LogP contribution in [-0.4, -0.2) is 18.2 Å². The van der Waals surface area contributed by atoms with E-state index in [-0.39, 0.29) is 0 Å². The fourth-order valence-electron chi connectivity index (χ4n) is 1.27. The second-order valence-electron chi connectivity index (χ2n) is 3.68. The Morgan fingerprint density at radius 2 is 2.14 bits per heavy atom. The predicted molar refractivity (Wildman–Crippen MR) is 61.0 cm³/mol. The number of anilines is 1. The summed E-state index contributed by atoms with van der Waals surface area (Å²) in [6, 6.07) is 2.00. The zero-order valence-electron chi connectivity index (χ0n) is 9.20. The van der Waals surface area contributed by atoms with Crippen molar-refractivity contribution in [3.63, 3.8) is 0 Å². The Morgan fingerprint density at radius 1 is 1.50 bits per heavy atom. The maximum absolute atomic E-state index is 5.88. The van der Waals surface area contributed by atoms with Crippen molar-refractivity contribution < 1.29 is 0 Å². The first-order valence-corrected chi connectivity index (χ1v) is 4.75. The summed E-state index contributed by atoms with van der Waals surface area (Å²) >= 11 is 0. The third kappa shape index (κ3) is 2.10. The van der Waals surface area contributed by atoms with E-state index in [4.69, 9.17) is 5.73 Å². The molecule has 3 nitrogen and oxygen atoms in total. The molecule has 0 aliphatic rings. The molecular weight excluding hydrogens is 174 g/mol. The van der Waals surface area contributed by atoms with Gasteiger partial charge >= 0.3 is 0 Å². The van der Waals surface area contributed by atoms with Crippen LogP contribution in [0.5, 0.6) is 0 Å². The first-order chi connectivity index (χ1) is 6.56. The highest BCUT2D eigenvalue weighted by molar-refractivity contribution is 5.87. The third-order valence-electron chi connectivity index (χ3n) is 2.16. The van der Waals surface area contributed by atoms with Gasteiger partial charge < -0.3 is 5.73 Å². The summed E-state index contributed by atoms with van der Waals surface area (Å²) < 4.78 is 0. The van der Waals surface area contributed by atoms with Crippen molar-refractivity contribution in [2.75, 3.05) is 12.8 Å². The van der Waals surface area contributed by atoms with Crippen LogP contribution in [0.25, 0.3) is 0 Å². The molecule has 0 bridgehead atoms. The molecule has 0 unspecified atom stereocenters. The highest BCUT2D eigenvalue weighted by Crippen LogP contribution is 2.19. The summed E-state index contributed by atoms with van der Waals surface area (Å²) in [7, 11) is 1.74. The highest BCUT2D eigenvalue weighted by Gasteiger charge is 2.07. The van der Waals surface area contributed by atoms with Gasteiger partial charge in [0.2, 0.25) is 0 Å². The van der Waals surface area contributed by atoms with Crippen molar-refractivity contribution in [1.82, 2.24) is 4.98 Å². The van der Waals surface area contributed by atoms with Crippen LogP contribution in [-0.2, 0) is 0 Å². The highest BCUT2D eigenvalue weighted by atomic mass is 14.8. The molecular formula is C11H17N3. The molecule has 0 saturated carbocycles. The number of nitrogens with zero attached hydrogens (tertiary/aromatic N) is 2. The normalized spacial score (nSPS) is 11.5. The first kappa shape index (κ1) is 10.7. The lowest BCUT2D eigenvalue weighted by molar-refractivity contribution is 0.816. The van der Waals surface area contributed by atoms with Crippen LogP contribution >= 0.6 is 0 Å². The van der Waals surface area contributed by atoms with E-state index in [1.165, 1.54) is 0 Å². The molecule has 1 aromatic heterocycles. The summed E-state index contributed by atoms with van der Waals surface area (Å²) in [5.74, 6) is 0.415. The number of rotatable bonds is 2. The summed E-state index contributed by atoms with van der Waals surface area (Å²) in [6.07, 6.45) is 1.77. The van der Waals surface area contributed by atoms with Crippen LogP contribution in [0, 0.1) is 6.92 Å². The number of hydrogen-bond donors (Lipinski definition) is 1. The van der Waals surface area contributed by atoms with E-state index in [9.17, 15) is 0 Å². The molecule has 0 atom stereocenters. The average molecular weight is 191 g/mol. The minimum atomic E-state index is 0.415. The topological polar surface area (TPSA) is 51.3 Å². The van der Waals surface area contributed by atoms with Crippen molar-refractivity contribution in [1.29, 1.82) is 0 Å². The molecule has 1 heterocycles. The second-order valence-corrected chi connectivity index (χ2v) is 3.68. The summed E-state index contributed by atoms with van der Waals surface area (Å²) in [5, 5.41) is 0. The molecule has 14 heavy (non-hydrogen) atoms. The van der Waals surface area contributed by atoms with E-state index < -0.39 is 0 Å². The summed E-state index contributed by atoms with van der Waals surface area (Å²) in [5.41, 5.74) is 9.51. The minimum Gasteiger partial charge on any atom is -0.397 e. The molecule has 0 aromatic carbocycles. The first-order valence-electron chi connectivity index (χ1n) is 4.75. The Kier molecular flexibility index (Phi) is 3.23. The molecule has 0 amide bonds. The molecule has 1 rings (SSSR count). The molecule has 0 spiro atoms. The van der Waals surface area contributed by atoms with Crippen LogP contribution in [0.15, 0.2) is 11.1 Å². The smallest absolute Gasteiger partial charge is 0.0619 e. The van der Waals surface area contributed by atoms with E-state index >= 15 is 0 Å². The van der Waals surface area contributed by atoms with Gasteiger partial charge in [0.25, 0.3) is 0 Å². The quantitative estimate of drug-likeness (QED) is 0.728. The maximum atomic E-state index is 5.88. The molecule has 2 N–H and O–H groups in total. The van der Waals surface area contributed by atoms with Gasteiger partial charge in [0.05, 0.1) is 11.4 Å². The Balaban J connectivity index is 3.28.